The SMILES string of the molecule is CCCCCC=CCC=CCC=CCC=CCCCC(=O)OCCNCC. The molecule has 0 aromatic rings. The molecule has 0 aliphatic heterocycles. The summed E-state index contributed by atoms with van der Waals surface area (Å²) in [5.74, 6) is -0.0937. The molecule has 0 aliphatic carbocycles. The summed E-state index contributed by atoms with van der Waals surface area (Å²) in [7, 11) is 0. The van der Waals surface area contributed by atoms with Gasteiger partial charge in [0.1, 0.15) is 6.61 Å². The van der Waals surface area contributed by atoms with Gasteiger partial charge in [0.05, 0.1) is 0 Å². The number of hydrogen-bond acceptors (Lipinski definition) is 3. The van der Waals surface area contributed by atoms with Gasteiger partial charge in [-0.1, -0.05) is 75.3 Å². The molecule has 0 radical (unpaired) electrons. The zero-order valence-electron chi connectivity index (χ0n) is 17.6. The van der Waals surface area contributed by atoms with Gasteiger partial charge in [-0.05, 0) is 51.5 Å². The van der Waals surface area contributed by atoms with Gasteiger partial charge in [0.15, 0.2) is 0 Å². The van der Waals surface area contributed by atoms with E-state index in [9.17, 15) is 4.79 Å². The maximum atomic E-state index is 11.5. The van der Waals surface area contributed by atoms with Crippen LogP contribution in [0.3, 0.4) is 0 Å². The first-order chi connectivity index (χ1) is 13.3. The van der Waals surface area contributed by atoms with Gasteiger partial charge in [-0.15, -0.1) is 0 Å². The minimum absolute atomic E-state index is 0.0937. The van der Waals surface area contributed by atoms with Crippen LogP contribution in [0.2, 0.25) is 0 Å². The van der Waals surface area contributed by atoms with Crippen LogP contribution >= 0.6 is 0 Å². The molecule has 0 spiro atoms. The number of esters is 1. The molecule has 0 unspecified atom stereocenters. The highest BCUT2D eigenvalue weighted by molar-refractivity contribution is 5.69. The fourth-order valence-electron chi connectivity index (χ4n) is 2.41. The van der Waals surface area contributed by atoms with Gasteiger partial charge in [-0.2, -0.15) is 0 Å². The van der Waals surface area contributed by atoms with E-state index in [2.05, 4.69) is 60.8 Å². The third kappa shape index (κ3) is 22.3. The highest BCUT2D eigenvalue weighted by atomic mass is 16.5. The summed E-state index contributed by atoms with van der Waals surface area (Å²) < 4.78 is 5.13. The number of allylic oxidation sites excluding steroid dienone is 8. The van der Waals surface area contributed by atoms with Gasteiger partial charge in [-0.3, -0.25) is 4.79 Å². The van der Waals surface area contributed by atoms with Crippen LogP contribution in [-0.4, -0.2) is 25.7 Å². The van der Waals surface area contributed by atoms with E-state index in [0.717, 1.165) is 45.2 Å². The number of carbonyl (C=O) groups is 1. The Morgan fingerprint density at radius 2 is 1.33 bits per heavy atom. The molecule has 3 nitrogen and oxygen atoms in total. The third-order valence-electron chi connectivity index (χ3n) is 4.00. The van der Waals surface area contributed by atoms with E-state index in [1.165, 1.54) is 25.7 Å². The second-order valence-electron chi connectivity index (χ2n) is 6.55. The fourth-order valence-corrected chi connectivity index (χ4v) is 2.41. The van der Waals surface area contributed by atoms with Crippen molar-refractivity contribution in [2.45, 2.75) is 78.1 Å². The first kappa shape index (κ1) is 25.4. The summed E-state index contributed by atoms with van der Waals surface area (Å²) >= 11 is 0. The van der Waals surface area contributed by atoms with Gasteiger partial charge in [0.25, 0.3) is 0 Å². The van der Waals surface area contributed by atoms with Crippen LogP contribution in [-0.2, 0) is 9.53 Å². The van der Waals surface area contributed by atoms with Gasteiger partial charge in [-0.25, -0.2) is 0 Å². The minimum atomic E-state index is -0.0937. The Balaban J connectivity index is 3.44. The number of carbonyl (C=O) groups excluding carboxylic acids is 1. The molecule has 0 rings (SSSR count). The van der Waals surface area contributed by atoms with Crippen molar-refractivity contribution >= 4 is 5.97 Å². The Morgan fingerprint density at radius 1 is 0.778 bits per heavy atom. The first-order valence-electron chi connectivity index (χ1n) is 10.8. The standard InChI is InChI=1S/C24H41NO2/c1-3-5-6-7-8-9-10-11-12-13-14-15-16-17-18-19-20-21-24(26)27-23-22-25-4-2/h8-9,11-12,14-15,17-18,25H,3-7,10,13,16,19-23H2,1-2H3. The molecule has 0 saturated heterocycles. The van der Waals surface area contributed by atoms with Crippen LogP contribution in [0.15, 0.2) is 48.6 Å². The lowest BCUT2D eigenvalue weighted by molar-refractivity contribution is -0.143. The molecule has 3 heteroatoms. The zero-order chi connectivity index (χ0) is 19.8. The van der Waals surface area contributed by atoms with Crippen LogP contribution in [0.25, 0.3) is 0 Å². The first-order valence-corrected chi connectivity index (χ1v) is 10.8. The third-order valence-corrected chi connectivity index (χ3v) is 4.00. The minimum Gasteiger partial charge on any atom is -0.464 e. The van der Waals surface area contributed by atoms with Crippen molar-refractivity contribution in [2.75, 3.05) is 19.7 Å². The molecular formula is C24H41NO2. The van der Waals surface area contributed by atoms with Crippen LogP contribution in [0, 0.1) is 0 Å². The van der Waals surface area contributed by atoms with Gasteiger partial charge >= 0.3 is 5.97 Å². The Morgan fingerprint density at radius 3 is 1.89 bits per heavy atom. The Labute approximate surface area is 167 Å². The molecule has 0 bridgehead atoms. The summed E-state index contributed by atoms with van der Waals surface area (Å²) in [5.41, 5.74) is 0. The predicted molar refractivity (Wildman–Crippen MR) is 118 cm³/mol. The highest BCUT2D eigenvalue weighted by Crippen LogP contribution is 2.02. The predicted octanol–water partition coefficient (Wildman–Crippen LogP) is 6.28. The van der Waals surface area contributed by atoms with E-state index in [-0.39, 0.29) is 5.97 Å². The van der Waals surface area contributed by atoms with Gasteiger partial charge in [0, 0.05) is 13.0 Å². The van der Waals surface area contributed by atoms with Crippen LogP contribution < -0.4 is 5.32 Å². The molecule has 0 saturated carbocycles. The molecule has 0 fully saturated rings. The average molecular weight is 376 g/mol. The Kier molecular flexibility index (Phi) is 21.1. The summed E-state index contributed by atoms with van der Waals surface area (Å²) in [6.07, 6.45) is 28.1. The highest BCUT2D eigenvalue weighted by Gasteiger charge is 2.00. The van der Waals surface area contributed by atoms with Crippen molar-refractivity contribution < 1.29 is 9.53 Å². The summed E-state index contributed by atoms with van der Waals surface area (Å²) in [5, 5.41) is 3.13. The van der Waals surface area contributed by atoms with E-state index in [1.807, 2.05) is 6.92 Å². The van der Waals surface area contributed by atoms with Crippen LogP contribution in [0.4, 0.5) is 0 Å². The van der Waals surface area contributed by atoms with E-state index >= 15 is 0 Å². The molecule has 0 aromatic carbocycles. The van der Waals surface area contributed by atoms with Crippen molar-refractivity contribution in [3.63, 3.8) is 0 Å². The molecule has 1 N–H and O–H groups in total. The normalized spacial score (nSPS) is 12.2. The van der Waals surface area contributed by atoms with Gasteiger partial charge in [0.2, 0.25) is 0 Å². The largest absolute Gasteiger partial charge is 0.464 e. The maximum absolute atomic E-state index is 11.5. The van der Waals surface area contributed by atoms with E-state index in [1.54, 1.807) is 0 Å². The average Bonchev–Trinajstić information content (AvgIpc) is 2.67. The fraction of sp³-hybridized carbons (Fsp3) is 0.625. The van der Waals surface area contributed by atoms with Crippen LogP contribution in [0.1, 0.15) is 78.1 Å². The quantitative estimate of drug-likeness (QED) is 0.174. The Hall–Kier alpha value is -1.61. The molecule has 27 heavy (non-hydrogen) atoms. The number of hydrogen-bond donors (Lipinski definition) is 1. The maximum Gasteiger partial charge on any atom is 0.305 e. The smallest absolute Gasteiger partial charge is 0.305 e. The molecule has 0 amide bonds. The molecule has 0 heterocycles. The number of unbranched alkanes of at least 4 members (excludes halogenated alkanes) is 4. The lowest BCUT2D eigenvalue weighted by Gasteiger charge is -2.04. The number of nitrogens with one attached hydrogen (secondary N) is 1. The van der Waals surface area contributed by atoms with Crippen molar-refractivity contribution in [2.24, 2.45) is 0 Å². The summed E-state index contributed by atoms with van der Waals surface area (Å²) in [4.78, 5) is 11.5. The zero-order valence-corrected chi connectivity index (χ0v) is 17.6. The van der Waals surface area contributed by atoms with E-state index in [0.29, 0.717) is 13.0 Å². The molecule has 0 aliphatic rings. The molecule has 0 atom stereocenters. The number of ether oxygens (including phenoxy) is 1. The van der Waals surface area contributed by atoms with E-state index in [4.69, 9.17) is 4.74 Å². The molecule has 0 aromatic heterocycles. The lowest BCUT2D eigenvalue weighted by atomic mass is 10.2. The second kappa shape index (κ2) is 22.4. The number of likely N-dealkylation sites (N-methyl/N-ethyl adjacent to an activating group) is 1. The summed E-state index contributed by atoms with van der Waals surface area (Å²) in [6, 6.07) is 0. The monoisotopic (exact) mass is 375 g/mol. The van der Waals surface area contributed by atoms with Crippen molar-refractivity contribution in [1.29, 1.82) is 0 Å². The lowest BCUT2D eigenvalue weighted by Crippen LogP contribution is -2.20. The topological polar surface area (TPSA) is 38.3 Å². The Bertz CT molecular complexity index is 436. The van der Waals surface area contributed by atoms with Crippen molar-refractivity contribution in [3.8, 4) is 0 Å². The number of rotatable bonds is 18. The second-order valence-corrected chi connectivity index (χ2v) is 6.55. The molecular weight excluding hydrogens is 334 g/mol. The van der Waals surface area contributed by atoms with Crippen molar-refractivity contribution in [1.82, 2.24) is 5.32 Å². The summed E-state index contributed by atoms with van der Waals surface area (Å²) in [6.45, 7) is 6.39. The van der Waals surface area contributed by atoms with Crippen molar-refractivity contribution in [3.05, 3.63) is 48.6 Å². The van der Waals surface area contributed by atoms with E-state index < -0.39 is 0 Å². The molecule has 154 valence electrons. The van der Waals surface area contributed by atoms with Crippen LogP contribution in [0.5, 0.6) is 0 Å². The van der Waals surface area contributed by atoms with Gasteiger partial charge < -0.3 is 10.1 Å².